The molecule has 18 heavy (non-hydrogen) atoms. The van der Waals surface area contributed by atoms with Gasteiger partial charge in [-0.15, -0.1) is 0 Å². The number of H-pyrrole nitrogens is 1. The van der Waals surface area contributed by atoms with Gasteiger partial charge in [0.1, 0.15) is 0 Å². The van der Waals surface area contributed by atoms with E-state index in [1.165, 1.54) is 6.20 Å². The first-order valence-corrected chi connectivity index (χ1v) is 5.48. The van der Waals surface area contributed by atoms with Crippen LogP contribution in [0.5, 0.6) is 5.88 Å². The lowest BCUT2D eigenvalue weighted by molar-refractivity contribution is 0.0950. The molecule has 2 rings (SSSR count). The summed E-state index contributed by atoms with van der Waals surface area (Å²) in [6, 6.07) is 3.65. The number of hydrogen-bond acceptors (Lipinski definition) is 4. The number of carbonyl (C=O) groups excluding carboxylic acids is 1. The van der Waals surface area contributed by atoms with Gasteiger partial charge < -0.3 is 10.1 Å². The van der Waals surface area contributed by atoms with Crippen molar-refractivity contribution in [2.24, 2.45) is 0 Å². The topological polar surface area (TPSA) is 79.9 Å². The van der Waals surface area contributed by atoms with Crippen LogP contribution in [0.15, 0.2) is 24.5 Å². The molecule has 0 unspecified atom stereocenters. The zero-order valence-corrected chi connectivity index (χ0v) is 10.2. The maximum atomic E-state index is 11.9. The molecule has 1 amide bonds. The van der Waals surface area contributed by atoms with Crippen LogP contribution in [0.1, 0.15) is 21.6 Å². The van der Waals surface area contributed by atoms with Gasteiger partial charge in [-0.3, -0.25) is 9.89 Å². The van der Waals surface area contributed by atoms with Crippen LogP contribution < -0.4 is 10.1 Å². The zero-order chi connectivity index (χ0) is 13.0. The van der Waals surface area contributed by atoms with E-state index in [1.54, 1.807) is 26.3 Å². The number of hydrogen-bond donors (Lipinski definition) is 2. The number of rotatable bonds is 4. The second-order valence-electron chi connectivity index (χ2n) is 3.76. The summed E-state index contributed by atoms with van der Waals surface area (Å²) in [7, 11) is 1.55. The molecule has 2 heterocycles. The summed E-state index contributed by atoms with van der Waals surface area (Å²) in [4.78, 5) is 15.9. The van der Waals surface area contributed by atoms with Crippen molar-refractivity contribution in [2.45, 2.75) is 13.5 Å². The molecule has 0 saturated heterocycles. The molecular formula is C12H14N4O2. The van der Waals surface area contributed by atoms with Crippen molar-refractivity contribution in [2.75, 3.05) is 7.11 Å². The normalized spacial score (nSPS) is 10.1. The number of amides is 1. The van der Waals surface area contributed by atoms with Gasteiger partial charge in [-0.1, -0.05) is 6.07 Å². The van der Waals surface area contributed by atoms with Crippen molar-refractivity contribution in [1.29, 1.82) is 0 Å². The Morgan fingerprint density at radius 3 is 3.06 bits per heavy atom. The maximum Gasteiger partial charge on any atom is 0.255 e. The lowest BCUT2D eigenvalue weighted by atomic mass is 10.2. The summed E-state index contributed by atoms with van der Waals surface area (Å²) in [5.41, 5.74) is 2.11. The Kier molecular flexibility index (Phi) is 3.57. The number of pyridine rings is 1. The molecule has 0 atom stereocenters. The smallest absolute Gasteiger partial charge is 0.255 e. The molecular weight excluding hydrogens is 232 g/mol. The molecule has 2 aromatic rings. The maximum absolute atomic E-state index is 11.9. The summed E-state index contributed by atoms with van der Waals surface area (Å²) in [5.74, 6) is 0.342. The predicted octanol–water partition coefficient (Wildman–Crippen LogP) is 1.05. The minimum Gasteiger partial charge on any atom is -0.481 e. The minimum absolute atomic E-state index is 0.174. The molecule has 0 aromatic carbocycles. The van der Waals surface area contributed by atoms with Gasteiger partial charge in [-0.25, -0.2) is 4.98 Å². The monoisotopic (exact) mass is 246 g/mol. The fourth-order valence-corrected chi connectivity index (χ4v) is 1.59. The van der Waals surface area contributed by atoms with Gasteiger partial charge in [0, 0.05) is 24.0 Å². The fourth-order valence-electron chi connectivity index (χ4n) is 1.59. The second kappa shape index (κ2) is 5.31. The van der Waals surface area contributed by atoms with Crippen LogP contribution in [0, 0.1) is 6.92 Å². The molecule has 6 heteroatoms. The van der Waals surface area contributed by atoms with Gasteiger partial charge in [0.2, 0.25) is 5.88 Å². The van der Waals surface area contributed by atoms with Crippen LogP contribution >= 0.6 is 0 Å². The summed E-state index contributed by atoms with van der Waals surface area (Å²) in [6.45, 7) is 2.16. The number of ether oxygens (including phenoxy) is 1. The van der Waals surface area contributed by atoms with Gasteiger partial charge in [0.25, 0.3) is 5.91 Å². The minimum atomic E-state index is -0.174. The van der Waals surface area contributed by atoms with E-state index < -0.39 is 0 Å². The van der Waals surface area contributed by atoms with Crippen LogP contribution in [0.3, 0.4) is 0 Å². The zero-order valence-electron chi connectivity index (χ0n) is 10.2. The number of nitrogens with zero attached hydrogens (tertiary/aromatic N) is 2. The highest BCUT2D eigenvalue weighted by molar-refractivity contribution is 5.94. The second-order valence-corrected chi connectivity index (χ2v) is 3.76. The van der Waals surface area contributed by atoms with Crippen LogP contribution in [0.25, 0.3) is 0 Å². The van der Waals surface area contributed by atoms with Crippen LogP contribution in [0.4, 0.5) is 0 Å². The first-order valence-electron chi connectivity index (χ1n) is 5.48. The number of aromatic amines is 1. The predicted molar refractivity (Wildman–Crippen MR) is 65.3 cm³/mol. The third-order valence-electron chi connectivity index (χ3n) is 2.56. The number of aromatic nitrogens is 3. The average molecular weight is 246 g/mol. The summed E-state index contributed by atoms with van der Waals surface area (Å²) in [6.07, 6.45) is 3.15. The molecule has 0 aliphatic carbocycles. The van der Waals surface area contributed by atoms with Gasteiger partial charge in [0.05, 0.1) is 18.9 Å². The van der Waals surface area contributed by atoms with Crippen molar-refractivity contribution in [3.05, 3.63) is 41.3 Å². The van der Waals surface area contributed by atoms with Gasteiger partial charge in [-0.05, 0) is 13.0 Å². The van der Waals surface area contributed by atoms with E-state index in [4.69, 9.17) is 4.74 Å². The Bertz CT molecular complexity index is 551. The van der Waals surface area contributed by atoms with E-state index in [1.807, 2.05) is 6.07 Å². The van der Waals surface area contributed by atoms with E-state index in [-0.39, 0.29) is 5.91 Å². The first kappa shape index (κ1) is 12.1. The van der Waals surface area contributed by atoms with E-state index in [0.717, 1.165) is 11.3 Å². The van der Waals surface area contributed by atoms with E-state index in [9.17, 15) is 4.79 Å². The number of aryl methyl sites for hydroxylation is 1. The van der Waals surface area contributed by atoms with Crippen LogP contribution in [-0.2, 0) is 6.54 Å². The highest BCUT2D eigenvalue weighted by atomic mass is 16.5. The van der Waals surface area contributed by atoms with Crippen molar-refractivity contribution < 1.29 is 9.53 Å². The molecule has 0 fully saturated rings. The molecule has 2 N–H and O–H groups in total. The third-order valence-corrected chi connectivity index (χ3v) is 2.56. The number of methoxy groups -OCH3 is 1. The molecule has 0 aliphatic rings. The standard InChI is InChI=1S/C12H14N4O2/c1-8-10(7-15-16-8)11(17)14-6-9-4-3-5-13-12(9)18-2/h3-5,7H,6H2,1-2H3,(H,14,17)(H,15,16). The first-order chi connectivity index (χ1) is 8.72. The molecule has 2 aromatic heterocycles. The van der Waals surface area contributed by atoms with Crippen molar-refractivity contribution in [1.82, 2.24) is 20.5 Å². The number of carbonyl (C=O) groups is 1. The van der Waals surface area contributed by atoms with Crippen LogP contribution in [0.2, 0.25) is 0 Å². The lowest BCUT2D eigenvalue weighted by Gasteiger charge is -2.08. The molecule has 0 spiro atoms. The molecule has 0 aliphatic heterocycles. The quantitative estimate of drug-likeness (QED) is 0.845. The Morgan fingerprint density at radius 1 is 1.56 bits per heavy atom. The number of nitrogens with one attached hydrogen (secondary N) is 2. The molecule has 0 bridgehead atoms. The lowest BCUT2D eigenvalue weighted by Crippen LogP contribution is -2.23. The Morgan fingerprint density at radius 2 is 2.39 bits per heavy atom. The molecule has 0 saturated carbocycles. The highest BCUT2D eigenvalue weighted by Gasteiger charge is 2.11. The Balaban J connectivity index is 2.04. The largest absolute Gasteiger partial charge is 0.481 e. The van der Waals surface area contributed by atoms with Crippen molar-refractivity contribution >= 4 is 5.91 Å². The van der Waals surface area contributed by atoms with Gasteiger partial charge in [-0.2, -0.15) is 5.10 Å². The molecule has 6 nitrogen and oxygen atoms in total. The van der Waals surface area contributed by atoms with Gasteiger partial charge >= 0.3 is 0 Å². The van der Waals surface area contributed by atoms with E-state index in [2.05, 4.69) is 20.5 Å². The van der Waals surface area contributed by atoms with E-state index >= 15 is 0 Å². The third kappa shape index (κ3) is 2.48. The fraction of sp³-hybridized carbons (Fsp3) is 0.250. The Labute approximate surface area is 104 Å². The molecule has 0 radical (unpaired) electrons. The summed E-state index contributed by atoms with van der Waals surface area (Å²) < 4.78 is 5.11. The van der Waals surface area contributed by atoms with Crippen molar-refractivity contribution in [3.8, 4) is 5.88 Å². The summed E-state index contributed by atoms with van der Waals surface area (Å²) >= 11 is 0. The average Bonchev–Trinajstić information content (AvgIpc) is 2.82. The SMILES string of the molecule is COc1ncccc1CNC(=O)c1cn[nH]c1C. The van der Waals surface area contributed by atoms with Crippen molar-refractivity contribution in [3.63, 3.8) is 0 Å². The van der Waals surface area contributed by atoms with E-state index in [0.29, 0.717) is 18.0 Å². The molecule has 94 valence electrons. The van der Waals surface area contributed by atoms with Crippen LogP contribution in [-0.4, -0.2) is 28.2 Å². The highest BCUT2D eigenvalue weighted by Crippen LogP contribution is 2.13. The van der Waals surface area contributed by atoms with Gasteiger partial charge in [0.15, 0.2) is 0 Å². The summed E-state index contributed by atoms with van der Waals surface area (Å²) in [5, 5.41) is 9.33. The Hall–Kier alpha value is -2.37.